The molecule has 2 N–H and O–H groups in total. The van der Waals surface area contributed by atoms with E-state index < -0.39 is 28.1 Å². The molecule has 2 unspecified atom stereocenters. The van der Waals surface area contributed by atoms with Gasteiger partial charge in [0.05, 0.1) is 11.0 Å². The van der Waals surface area contributed by atoms with Crippen LogP contribution < -0.4 is 4.72 Å². The van der Waals surface area contributed by atoms with Gasteiger partial charge in [0, 0.05) is 13.1 Å². The Morgan fingerprint density at radius 3 is 2.31 bits per heavy atom. The number of hydrogen-bond acceptors (Lipinski definition) is 4. The van der Waals surface area contributed by atoms with Crippen molar-refractivity contribution in [2.24, 2.45) is 0 Å². The molecule has 0 aromatic heterocycles. The topological polar surface area (TPSA) is 86.7 Å². The Balaban J connectivity index is 1.73. The van der Waals surface area contributed by atoms with E-state index in [0.29, 0.717) is 19.5 Å². The number of benzene rings is 2. The number of nitrogens with one attached hydrogen (secondary N) is 1. The van der Waals surface area contributed by atoms with Crippen molar-refractivity contribution < 1.29 is 18.3 Å². The minimum atomic E-state index is -3.93. The highest BCUT2D eigenvalue weighted by atomic mass is 32.2. The Morgan fingerprint density at radius 1 is 1.10 bits per heavy atom. The minimum absolute atomic E-state index is 0.0615. The summed E-state index contributed by atoms with van der Waals surface area (Å²) in [6, 6.07) is 15.0. The summed E-state index contributed by atoms with van der Waals surface area (Å²) in [6.45, 7) is 4.11. The van der Waals surface area contributed by atoms with Crippen LogP contribution >= 0.6 is 0 Å². The van der Waals surface area contributed by atoms with Gasteiger partial charge in [-0.15, -0.1) is 0 Å². The van der Waals surface area contributed by atoms with Crippen molar-refractivity contribution in [1.29, 1.82) is 0 Å². The number of rotatable bonds is 6. The largest absolute Gasteiger partial charge is 0.391 e. The van der Waals surface area contributed by atoms with E-state index in [4.69, 9.17) is 0 Å². The third-order valence-electron chi connectivity index (χ3n) is 5.03. The Kier molecular flexibility index (Phi) is 6.52. The highest BCUT2D eigenvalue weighted by molar-refractivity contribution is 7.89. The van der Waals surface area contributed by atoms with E-state index in [1.807, 2.05) is 43.3 Å². The van der Waals surface area contributed by atoms with Crippen LogP contribution in [0, 0.1) is 6.92 Å². The quantitative estimate of drug-likeness (QED) is 0.760. The average Bonchev–Trinajstić information content (AvgIpc) is 2.72. The maximum absolute atomic E-state index is 13.0. The Hall–Kier alpha value is -2.48. The van der Waals surface area contributed by atoms with Gasteiger partial charge in [-0.2, -0.15) is 4.72 Å². The van der Waals surface area contributed by atoms with E-state index in [1.165, 1.54) is 19.1 Å². The first-order valence-electron chi connectivity index (χ1n) is 9.58. The van der Waals surface area contributed by atoms with Crippen LogP contribution in [-0.2, 0) is 14.8 Å². The zero-order chi connectivity index (χ0) is 21.0. The molecule has 1 aliphatic heterocycles. The van der Waals surface area contributed by atoms with Gasteiger partial charge in [0.1, 0.15) is 6.04 Å². The fourth-order valence-electron chi connectivity index (χ4n) is 3.29. The number of aryl methyl sites for hydroxylation is 1. The lowest BCUT2D eigenvalue weighted by atomic mass is 9.99. The van der Waals surface area contributed by atoms with Gasteiger partial charge in [0.2, 0.25) is 15.9 Å². The van der Waals surface area contributed by atoms with Crippen molar-refractivity contribution in [2.45, 2.75) is 37.3 Å². The van der Waals surface area contributed by atoms with Crippen LogP contribution in [0.4, 0.5) is 0 Å². The normalized spacial score (nSPS) is 16.8. The SMILES string of the molecule is Cc1ccc(S(=O)(=O)NC(C(=O)N2CC=C(c3ccccc3)CC2)C(C)O)cc1. The maximum Gasteiger partial charge on any atom is 0.243 e. The standard InChI is InChI=1S/C22H26N2O4S/c1-16-8-10-20(11-9-16)29(27,28)23-21(17(2)25)22(26)24-14-12-19(13-15-24)18-6-4-3-5-7-18/h3-12,17,21,23,25H,13-15H2,1-2H3. The van der Waals surface area contributed by atoms with E-state index >= 15 is 0 Å². The van der Waals surface area contributed by atoms with Crippen LogP contribution in [0.15, 0.2) is 65.6 Å². The number of amides is 1. The number of aliphatic hydroxyl groups excluding tert-OH is 1. The van der Waals surface area contributed by atoms with Crippen LogP contribution in [0.5, 0.6) is 0 Å². The van der Waals surface area contributed by atoms with Gasteiger partial charge in [-0.25, -0.2) is 8.42 Å². The van der Waals surface area contributed by atoms with Crippen molar-refractivity contribution in [3.05, 3.63) is 71.8 Å². The van der Waals surface area contributed by atoms with E-state index in [9.17, 15) is 18.3 Å². The fourth-order valence-corrected chi connectivity index (χ4v) is 4.55. The molecule has 1 amide bonds. The van der Waals surface area contributed by atoms with Crippen molar-refractivity contribution in [2.75, 3.05) is 13.1 Å². The molecule has 6 nitrogen and oxygen atoms in total. The number of aliphatic hydroxyl groups is 1. The predicted octanol–water partition coefficient (Wildman–Crippen LogP) is 2.34. The molecule has 0 fully saturated rings. The summed E-state index contributed by atoms with van der Waals surface area (Å²) >= 11 is 0. The lowest BCUT2D eigenvalue weighted by Crippen LogP contribution is -2.54. The van der Waals surface area contributed by atoms with Crippen LogP contribution in [0.25, 0.3) is 5.57 Å². The number of hydrogen-bond donors (Lipinski definition) is 2. The summed E-state index contributed by atoms with van der Waals surface area (Å²) in [5.41, 5.74) is 3.21. The summed E-state index contributed by atoms with van der Waals surface area (Å²) in [6.07, 6.45) is 1.49. The predicted molar refractivity (Wildman–Crippen MR) is 113 cm³/mol. The van der Waals surface area contributed by atoms with Gasteiger partial charge < -0.3 is 10.0 Å². The van der Waals surface area contributed by atoms with E-state index in [-0.39, 0.29) is 4.90 Å². The molecule has 1 aliphatic rings. The van der Waals surface area contributed by atoms with Crippen molar-refractivity contribution in [3.8, 4) is 0 Å². The number of nitrogens with zero attached hydrogens (tertiary/aromatic N) is 1. The van der Waals surface area contributed by atoms with E-state index in [2.05, 4.69) is 4.72 Å². The van der Waals surface area contributed by atoms with Crippen LogP contribution in [0.1, 0.15) is 24.5 Å². The third kappa shape index (κ3) is 5.12. The third-order valence-corrected chi connectivity index (χ3v) is 6.48. The van der Waals surface area contributed by atoms with Gasteiger partial charge >= 0.3 is 0 Å². The number of carbonyl (C=O) groups is 1. The van der Waals surface area contributed by atoms with Crippen molar-refractivity contribution >= 4 is 21.5 Å². The molecule has 3 rings (SSSR count). The molecule has 154 valence electrons. The van der Waals surface area contributed by atoms with Gasteiger partial charge in [0.25, 0.3) is 0 Å². The van der Waals surface area contributed by atoms with Gasteiger partial charge in [-0.1, -0.05) is 54.1 Å². The molecule has 0 bridgehead atoms. The molecule has 7 heteroatoms. The van der Waals surface area contributed by atoms with Crippen molar-refractivity contribution in [3.63, 3.8) is 0 Å². The summed E-state index contributed by atoms with van der Waals surface area (Å²) in [5.74, 6) is -0.431. The van der Waals surface area contributed by atoms with Crippen molar-refractivity contribution in [1.82, 2.24) is 9.62 Å². The van der Waals surface area contributed by atoms with Crippen LogP contribution in [-0.4, -0.2) is 49.6 Å². The van der Waals surface area contributed by atoms with Crippen LogP contribution in [0.2, 0.25) is 0 Å². The molecule has 0 saturated carbocycles. The Labute approximate surface area is 171 Å². The second kappa shape index (κ2) is 8.90. The maximum atomic E-state index is 13.0. The highest BCUT2D eigenvalue weighted by Gasteiger charge is 2.33. The first-order valence-corrected chi connectivity index (χ1v) is 11.1. The lowest BCUT2D eigenvalue weighted by Gasteiger charge is -2.31. The molecule has 0 aliphatic carbocycles. The number of sulfonamides is 1. The monoisotopic (exact) mass is 414 g/mol. The van der Waals surface area contributed by atoms with Gasteiger partial charge in [-0.05, 0) is 43.5 Å². The average molecular weight is 415 g/mol. The second-order valence-electron chi connectivity index (χ2n) is 7.28. The van der Waals surface area contributed by atoms with Crippen LogP contribution in [0.3, 0.4) is 0 Å². The number of carbonyl (C=O) groups excluding carboxylic acids is 1. The molecule has 2 atom stereocenters. The molecule has 0 saturated heterocycles. The molecule has 29 heavy (non-hydrogen) atoms. The second-order valence-corrected chi connectivity index (χ2v) is 9.00. The summed E-state index contributed by atoms with van der Waals surface area (Å²) in [4.78, 5) is 14.6. The molecule has 0 spiro atoms. The molecule has 1 heterocycles. The zero-order valence-corrected chi connectivity index (χ0v) is 17.4. The van der Waals surface area contributed by atoms with Gasteiger partial charge in [-0.3, -0.25) is 4.79 Å². The minimum Gasteiger partial charge on any atom is -0.391 e. The fraction of sp³-hybridized carbons (Fsp3) is 0.318. The molecular weight excluding hydrogens is 388 g/mol. The lowest BCUT2D eigenvalue weighted by molar-refractivity contribution is -0.135. The summed E-state index contributed by atoms with van der Waals surface area (Å²) in [7, 11) is -3.93. The highest BCUT2D eigenvalue weighted by Crippen LogP contribution is 2.23. The molecule has 2 aromatic carbocycles. The smallest absolute Gasteiger partial charge is 0.243 e. The van der Waals surface area contributed by atoms with Gasteiger partial charge in [0.15, 0.2) is 0 Å². The first-order chi connectivity index (χ1) is 13.8. The first kappa shape index (κ1) is 21.2. The molecule has 2 aromatic rings. The Bertz CT molecular complexity index is 983. The zero-order valence-electron chi connectivity index (χ0n) is 16.6. The van der Waals surface area contributed by atoms with E-state index in [0.717, 1.165) is 16.7 Å². The molecule has 0 radical (unpaired) electrons. The summed E-state index contributed by atoms with van der Waals surface area (Å²) in [5, 5.41) is 10.1. The summed E-state index contributed by atoms with van der Waals surface area (Å²) < 4.78 is 27.7. The molecular formula is C22H26N2O4S. The van der Waals surface area contributed by atoms with E-state index in [1.54, 1.807) is 17.0 Å². The Morgan fingerprint density at radius 2 is 1.76 bits per heavy atom.